The Kier molecular flexibility index (Phi) is 8.06. The maximum atomic E-state index is 12.3. The van der Waals surface area contributed by atoms with Gasteiger partial charge in [-0.25, -0.2) is 9.59 Å². The quantitative estimate of drug-likeness (QED) is 0.523. The van der Waals surface area contributed by atoms with Gasteiger partial charge in [-0.1, -0.05) is 0 Å². The minimum absolute atomic E-state index is 0.0618. The Labute approximate surface area is 149 Å². The number of carbonyl (C=O) groups is 2. The van der Waals surface area contributed by atoms with E-state index < -0.39 is 24.5 Å². The van der Waals surface area contributed by atoms with Gasteiger partial charge in [-0.2, -0.15) is 0 Å². The van der Waals surface area contributed by atoms with E-state index in [1.54, 1.807) is 32.9 Å². The Morgan fingerprint density at radius 3 is 1.40 bits per heavy atom. The van der Waals surface area contributed by atoms with Crippen LogP contribution in [0.15, 0.2) is 18.2 Å². The SMILES string of the molecule is Cc1cc(C(=O)OC(C)OC(C)C)cc(C(=O)OC(C)OC(C)C)c1. The molecule has 2 atom stereocenters. The van der Waals surface area contributed by atoms with Gasteiger partial charge in [0, 0.05) is 0 Å². The Hall–Kier alpha value is -1.92. The van der Waals surface area contributed by atoms with Crippen molar-refractivity contribution in [3.63, 3.8) is 0 Å². The van der Waals surface area contributed by atoms with E-state index in [1.807, 2.05) is 27.7 Å². The van der Waals surface area contributed by atoms with Crippen LogP contribution in [-0.4, -0.2) is 36.7 Å². The number of hydrogen-bond acceptors (Lipinski definition) is 6. The zero-order valence-electron chi connectivity index (χ0n) is 16.0. The fraction of sp³-hybridized carbons (Fsp3) is 0.579. The monoisotopic (exact) mass is 352 g/mol. The number of esters is 2. The van der Waals surface area contributed by atoms with Gasteiger partial charge in [-0.05, 0) is 72.2 Å². The lowest BCUT2D eigenvalue weighted by Crippen LogP contribution is -2.23. The van der Waals surface area contributed by atoms with Gasteiger partial charge in [0.2, 0.25) is 12.6 Å². The normalized spacial score (nSPS) is 13.6. The summed E-state index contributed by atoms with van der Waals surface area (Å²) < 4.78 is 21.2. The summed E-state index contributed by atoms with van der Waals surface area (Å²) in [5.74, 6) is -1.12. The van der Waals surface area contributed by atoms with Crippen molar-refractivity contribution in [2.45, 2.75) is 73.3 Å². The van der Waals surface area contributed by atoms with Crippen LogP contribution >= 0.6 is 0 Å². The summed E-state index contributed by atoms with van der Waals surface area (Å²) in [6.07, 6.45) is -1.48. The second-order valence-electron chi connectivity index (χ2n) is 6.40. The largest absolute Gasteiger partial charge is 0.432 e. The number of hydrogen-bond donors (Lipinski definition) is 0. The molecule has 0 spiro atoms. The van der Waals surface area contributed by atoms with Crippen molar-refractivity contribution in [2.75, 3.05) is 0 Å². The highest BCUT2D eigenvalue weighted by atomic mass is 16.7. The molecule has 0 radical (unpaired) electrons. The molecular formula is C19H28O6. The van der Waals surface area contributed by atoms with Gasteiger partial charge < -0.3 is 18.9 Å². The van der Waals surface area contributed by atoms with Crippen LogP contribution in [-0.2, 0) is 18.9 Å². The Morgan fingerprint density at radius 2 is 1.08 bits per heavy atom. The summed E-state index contributed by atoms with van der Waals surface area (Å²) in [4.78, 5) is 24.5. The molecule has 0 heterocycles. The first kappa shape index (κ1) is 21.1. The Morgan fingerprint density at radius 1 is 0.720 bits per heavy atom. The van der Waals surface area contributed by atoms with Crippen LogP contribution in [0.5, 0.6) is 0 Å². The van der Waals surface area contributed by atoms with Gasteiger partial charge in [0.25, 0.3) is 0 Å². The molecule has 1 aromatic carbocycles. The fourth-order valence-electron chi connectivity index (χ4n) is 2.28. The summed E-state index contributed by atoms with van der Waals surface area (Å²) in [5.41, 5.74) is 1.28. The first-order chi connectivity index (χ1) is 11.6. The topological polar surface area (TPSA) is 71.1 Å². The van der Waals surface area contributed by atoms with Crippen LogP contribution in [0.2, 0.25) is 0 Å². The minimum atomic E-state index is -0.678. The molecule has 0 aromatic heterocycles. The molecule has 6 heteroatoms. The van der Waals surface area contributed by atoms with Crippen molar-refractivity contribution >= 4 is 11.9 Å². The molecule has 1 aromatic rings. The lowest BCUT2D eigenvalue weighted by Gasteiger charge is -2.18. The Bertz CT molecular complexity index is 545. The molecule has 0 aliphatic carbocycles. The molecule has 25 heavy (non-hydrogen) atoms. The van der Waals surface area contributed by atoms with E-state index in [0.29, 0.717) is 0 Å². The van der Waals surface area contributed by atoms with Crippen molar-refractivity contribution in [3.05, 3.63) is 34.9 Å². The van der Waals surface area contributed by atoms with Crippen molar-refractivity contribution in [3.8, 4) is 0 Å². The zero-order chi connectivity index (χ0) is 19.1. The molecule has 0 saturated heterocycles. The highest BCUT2D eigenvalue weighted by Crippen LogP contribution is 2.15. The molecule has 0 bridgehead atoms. The molecule has 0 saturated carbocycles. The van der Waals surface area contributed by atoms with Crippen molar-refractivity contribution < 1.29 is 28.5 Å². The summed E-state index contributed by atoms with van der Waals surface area (Å²) in [6.45, 7) is 12.5. The van der Waals surface area contributed by atoms with Crippen molar-refractivity contribution in [2.24, 2.45) is 0 Å². The predicted octanol–water partition coefficient (Wildman–Crippen LogP) is 3.85. The van der Waals surface area contributed by atoms with Gasteiger partial charge in [-0.15, -0.1) is 0 Å². The van der Waals surface area contributed by atoms with Crippen LogP contribution in [0.25, 0.3) is 0 Å². The summed E-state index contributed by atoms with van der Waals surface area (Å²) in [6, 6.07) is 4.74. The van der Waals surface area contributed by atoms with Crippen LogP contribution in [0.1, 0.15) is 67.8 Å². The average molecular weight is 352 g/mol. The molecule has 0 N–H and O–H groups in total. The van der Waals surface area contributed by atoms with Crippen LogP contribution < -0.4 is 0 Å². The molecule has 0 aliphatic rings. The van der Waals surface area contributed by atoms with E-state index in [2.05, 4.69) is 0 Å². The second-order valence-corrected chi connectivity index (χ2v) is 6.40. The van der Waals surface area contributed by atoms with Crippen LogP contribution in [0.3, 0.4) is 0 Å². The summed E-state index contributed by atoms with van der Waals surface area (Å²) >= 11 is 0. The first-order valence-electron chi connectivity index (χ1n) is 8.43. The lowest BCUT2D eigenvalue weighted by molar-refractivity contribution is -0.121. The first-order valence-corrected chi connectivity index (χ1v) is 8.43. The van der Waals surface area contributed by atoms with E-state index >= 15 is 0 Å². The van der Waals surface area contributed by atoms with Gasteiger partial charge >= 0.3 is 11.9 Å². The smallest absolute Gasteiger partial charge is 0.340 e. The summed E-state index contributed by atoms with van der Waals surface area (Å²) in [7, 11) is 0. The van der Waals surface area contributed by atoms with Crippen LogP contribution in [0.4, 0.5) is 0 Å². The third kappa shape index (κ3) is 7.67. The summed E-state index contributed by atoms with van der Waals surface area (Å²) in [5, 5.41) is 0. The third-order valence-electron chi connectivity index (χ3n) is 3.02. The molecule has 0 aliphatic heterocycles. The van der Waals surface area contributed by atoms with Gasteiger partial charge in [-0.3, -0.25) is 0 Å². The van der Waals surface area contributed by atoms with E-state index in [4.69, 9.17) is 18.9 Å². The molecule has 1 rings (SSSR count). The zero-order valence-corrected chi connectivity index (χ0v) is 16.0. The molecule has 2 unspecified atom stereocenters. The number of benzene rings is 1. The maximum absolute atomic E-state index is 12.3. The maximum Gasteiger partial charge on any atom is 0.340 e. The van der Waals surface area contributed by atoms with Gasteiger partial charge in [0.05, 0.1) is 23.3 Å². The predicted molar refractivity (Wildman–Crippen MR) is 93.4 cm³/mol. The fourth-order valence-corrected chi connectivity index (χ4v) is 2.28. The van der Waals surface area contributed by atoms with E-state index in [0.717, 1.165) is 5.56 Å². The van der Waals surface area contributed by atoms with Gasteiger partial charge in [0.15, 0.2) is 0 Å². The highest BCUT2D eigenvalue weighted by molar-refractivity contribution is 5.95. The number of ether oxygens (including phenoxy) is 4. The second kappa shape index (κ2) is 9.53. The van der Waals surface area contributed by atoms with Crippen LogP contribution in [0, 0.1) is 6.92 Å². The lowest BCUT2D eigenvalue weighted by atomic mass is 10.1. The standard InChI is InChI=1S/C19H28O6/c1-11(2)22-14(6)24-18(20)16-8-13(5)9-17(10-16)19(21)25-15(7)23-12(3)4/h8-12,14-15H,1-7H3. The molecule has 140 valence electrons. The Balaban J connectivity index is 2.84. The van der Waals surface area contributed by atoms with E-state index in [-0.39, 0.29) is 23.3 Å². The molecule has 0 amide bonds. The highest BCUT2D eigenvalue weighted by Gasteiger charge is 2.18. The average Bonchev–Trinajstić information content (AvgIpc) is 2.44. The third-order valence-corrected chi connectivity index (χ3v) is 3.02. The van der Waals surface area contributed by atoms with E-state index in [1.165, 1.54) is 6.07 Å². The molecule has 6 nitrogen and oxygen atoms in total. The van der Waals surface area contributed by atoms with Crippen molar-refractivity contribution in [1.29, 1.82) is 0 Å². The number of carbonyl (C=O) groups excluding carboxylic acids is 2. The van der Waals surface area contributed by atoms with Gasteiger partial charge in [0.1, 0.15) is 0 Å². The van der Waals surface area contributed by atoms with Crippen molar-refractivity contribution in [1.82, 2.24) is 0 Å². The molecule has 0 fully saturated rings. The number of rotatable bonds is 8. The minimum Gasteiger partial charge on any atom is -0.432 e. The molecular weight excluding hydrogens is 324 g/mol. The van der Waals surface area contributed by atoms with E-state index in [9.17, 15) is 9.59 Å². The number of aryl methyl sites for hydroxylation is 1.